The van der Waals surface area contributed by atoms with Crippen molar-refractivity contribution in [3.05, 3.63) is 35.4 Å². The molecule has 1 fully saturated rings. The van der Waals surface area contributed by atoms with E-state index in [0.29, 0.717) is 0 Å². The van der Waals surface area contributed by atoms with Gasteiger partial charge in [0.05, 0.1) is 5.60 Å². The first-order valence-corrected chi connectivity index (χ1v) is 8.21. The third kappa shape index (κ3) is 5.10. The molecule has 1 atom stereocenters. The van der Waals surface area contributed by atoms with Crippen LogP contribution in [0.5, 0.6) is 0 Å². The Hall–Kier alpha value is -0.900. The molecule has 1 aliphatic rings. The molecule has 1 aromatic rings. The van der Waals surface area contributed by atoms with Gasteiger partial charge in [-0.25, -0.2) is 0 Å². The van der Waals surface area contributed by atoms with Crippen LogP contribution in [0.25, 0.3) is 0 Å². The molecule has 21 heavy (non-hydrogen) atoms. The summed E-state index contributed by atoms with van der Waals surface area (Å²) < 4.78 is 5.68. The van der Waals surface area contributed by atoms with Gasteiger partial charge in [0.15, 0.2) is 0 Å². The molecule has 2 rings (SSSR count). The van der Waals surface area contributed by atoms with Crippen molar-refractivity contribution in [1.82, 2.24) is 10.2 Å². The summed E-state index contributed by atoms with van der Waals surface area (Å²) >= 11 is 0. The van der Waals surface area contributed by atoms with E-state index in [9.17, 15) is 0 Å². The van der Waals surface area contributed by atoms with Crippen LogP contribution in [0.2, 0.25) is 0 Å². The molecule has 0 aromatic heterocycles. The summed E-state index contributed by atoms with van der Waals surface area (Å²) in [6.45, 7) is 9.72. The molecule has 118 valence electrons. The van der Waals surface area contributed by atoms with Crippen LogP contribution in [0.4, 0.5) is 0 Å². The summed E-state index contributed by atoms with van der Waals surface area (Å²) in [5, 5.41) is 3.47. The van der Waals surface area contributed by atoms with Crippen LogP contribution in [0, 0.1) is 0 Å². The van der Waals surface area contributed by atoms with E-state index in [1.807, 2.05) is 7.11 Å². The Morgan fingerprint density at radius 2 is 2.14 bits per heavy atom. The predicted octanol–water partition coefficient (Wildman–Crippen LogP) is 3.19. The molecule has 0 radical (unpaired) electrons. The zero-order valence-electron chi connectivity index (χ0n) is 13.8. The van der Waals surface area contributed by atoms with Gasteiger partial charge in [0.2, 0.25) is 0 Å². The summed E-state index contributed by atoms with van der Waals surface area (Å²) in [6.07, 6.45) is 3.58. The molecule has 0 aliphatic carbocycles. The lowest BCUT2D eigenvalue weighted by Gasteiger charge is -2.39. The van der Waals surface area contributed by atoms with Crippen LogP contribution in [-0.4, -0.2) is 37.2 Å². The molecular formula is C18H30N2O. The minimum absolute atomic E-state index is 0.0263. The number of nitrogens with one attached hydrogen (secondary N) is 1. The minimum atomic E-state index is 0.0263. The lowest BCUT2D eigenvalue weighted by Crippen LogP contribution is -2.46. The van der Waals surface area contributed by atoms with Crippen molar-refractivity contribution in [3.63, 3.8) is 0 Å². The second kappa shape index (κ2) is 7.92. The molecule has 1 unspecified atom stereocenters. The highest BCUT2D eigenvalue weighted by molar-refractivity contribution is 5.23. The Morgan fingerprint density at radius 1 is 1.33 bits per heavy atom. The van der Waals surface area contributed by atoms with Gasteiger partial charge in [-0.15, -0.1) is 0 Å². The molecule has 0 saturated carbocycles. The van der Waals surface area contributed by atoms with Gasteiger partial charge in [0.25, 0.3) is 0 Å². The average molecular weight is 290 g/mol. The Labute approximate surface area is 129 Å². The smallest absolute Gasteiger partial charge is 0.0777 e. The normalized spacial score (nSPS) is 23.4. The predicted molar refractivity (Wildman–Crippen MR) is 88.4 cm³/mol. The van der Waals surface area contributed by atoms with Gasteiger partial charge < -0.3 is 10.1 Å². The number of hydrogen-bond acceptors (Lipinski definition) is 3. The molecule has 1 N–H and O–H groups in total. The van der Waals surface area contributed by atoms with Crippen molar-refractivity contribution in [1.29, 1.82) is 0 Å². The molecule has 3 nitrogen and oxygen atoms in total. The zero-order valence-corrected chi connectivity index (χ0v) is 13.8. The fourth-order valence-corrected chi connectivity index (χ4v) is 3.11. The highest BCUT2D eigenvalue weighted by atomic mass is 16.5. The van der Waals surface area contributed by atoms with E-state index in [0.717, 1.165) is 26.2 Å². The maximum Gasteiger partial charge on any atom is 0.0777 e. The molecule has 1 saturated heterocycles. The van der Waals surface area contributed by atoms with E-state index < -0.39 is 0 Å². The van der Waals surface area contributed by atoms with Gasteiger partial charge in [-0.1, -0.05) is 31.2 Å². The van der Waals surface area contributed by atoms with Crippen molar-refractivity contribution in [2.75, 3.05) is 26.7 Å². The average Bonchev–Trinajstić information content (AvgIpc) is 2.48. The molecule has 0 amide bonds. The van der Waals surface area contributed by atoms with E-state index in [2.05, 4.69) is 48.3 Å². The van der Waals surface area contributed by atoms with Crippen LogP contribution in [0.1, 0.15) is 44.2 Å². The van der Waals surface area contributed by atoms with E-state index in [4.69, 9.17) is 4.74 Å². The molecule has 0 bridgehead atoms. The maximum absolute atomic E-state index is 5.68. The van der Waals surface area contributed by atoms with Crippen LogP contribution in [0.3, 0.4) is 0 Å². The van der Waals surface area contributed by atoms with Crippen molar-refractivity contribution < 1.29 is 4.74 Å². The van der Waals surface area contributed by atoms with Gasteiger partial charge >= 0.3 is 0 Å². The maximum atomic E-state index is 5.68. The van der Waals surface area contributed by atoms with Gasteiger partial charge in [0, 0.05) is 26.7 Å². The fraction of sp³-hybridized carbons (Fsp3) is 0.667. The standard InChI is InChI=1S/C18H30N2O/c1-4-10-19-13-16-7-5-8-17(12-16)14-20-11-6-9-18(2,15-20)21-3/h5,7-8,12,19H,4,6,9-11,13-15H2,1-3H3. The first-order chi connectivity index (χ1) is 10.1. The number of benzene rings is 1. The minimum Gasteiger partial charge on any atom is -0.377 e. The summed E-state index contributed by atoms with van der Waals surface area (Å²) in [6, 6.07) is 8.96. The van der Waals surface area contributed by atoms with Gasteiger partial charge in [-0.3, -0.25) is 4.90 Å². The van der Waals surface area contributed by atoms with Gasteiger partial charge in [-0.2, -0.15) is 0 Å². The van der Waals surface area contributed by atoms with Crippen molar-refractivity contribution in [2.24, 2.45) is 0 Å². The second-order valence-electron chi connectivity index (χ2n) is 6.46. The number of nitrogens with zero attached hydrogens (tertiary/aromatic N) is 1. The van der Waals surface area contributed by atoms with Gasteiger partial charge in [0.1, 0.15) is 0 Å². The molecule has 3 heteroatoms. The summed E-state index contributed by atoms with van der Waals surface area (Å²) in [7, 11) is 1.84. The first-order valence-electron chi connectivity index (χ1n) is 8.21. The first kappa shape index (κ1) is 16.5. The van der Waals surface area contributed by atoms with Crippen molar-refractivity contribution in [3.8, 4) is 0 Å². The number of ether oxygens (including phenoxy) is 1. The third-order valence-corrected chi connectivity index (χ3v) is 4.38. The second-order valence-corrected chi connectivity index (χ2v) is 6.46. The molecule has 0 spiro atoms. The monoisotopic (exact) mass is 290 g/mol. The van der Waals surface area contributed by atoms with E-state index in [1.54, 1.807) is 0 Å². The van der Waals surface area contributed by atoms with E-state index in [-0.39, 0.29) is 5.60 Å². The number of methoxy groups -OCH3 is 1. The molecule has 1 heterocycles. The highest BCUT2D eigenvalue weighted by Gasteiger charge is 2.30. The molecule has 1 aromatic carbocycles. The lowest BCUT2D eigenvalue weighted by atomic mass is 9.94. The van der Waals surface area contributed by atoms with Crippen molar-refractivity contribution >= 4 is 0 Å². The lowest BCUT2D eigenvalue weighted by molar-refractivity contribution is -0.0527. The van der Waals surface area contributed by atoms with Crippen LogP contribution < -0.4 is 5.32 Å². The number of likely N-dealkylation sites (tertiary alicyclic amines) is 1. The number of rotatable bonds is 7. The SMILES string of the molecule is CCCNCc1cccc(CN2CCCC(C)(OC)C2)c1. The Kier molecular flexibility index (Phi) is 6.22. The largest absolute Gasteiger partial charge is 0.377 e. The number of piperidine rings is 1. The molecular weight excluding hydrogens is 260 g/mol. The molecule has 1 aliphatic heterocycles. The van der Waals surface area contributed by atoms with Crippen LogP contribution in [-0.2, 0) is 17.8 Å². The topological polar surface area (TPSA) is 24.5 Å². The van der Waals surface area contributed by atoms with Crippen LogP contribution >= 0.6 is 0 Å². The summed E-state index contributed by atoms with van der Waals surface area (Å²) in [5.41, 5.74) is 2.82. The van der Waals surface area contributed by atoms with Crippen molar-refractivity contribution in [2.45, 2.75) is 51.8 Å². The fourth-order valence-electron chi connectivity index (χ4n) is 3.11. The van der Waals surface area contributed by atoms with E-state index >= 15 is 0 Å². The Bertz CT molecular complexity index is 435. The quantitative estimate of drug-likeness (QED) is 0.781. The Balaban J connectivity index is 1.91. The highest BCUT2D eigenvalue weighted by Crippen LogP contribution is 2.25. The summed E-state index contributed by atoms with van der Waals surface area (Å²) in [4.78, 5) is 2.52. The van der Waals surface area contributed by atoms with Crippen LogP contribution in [0.15, 0.2) is 24.3 Å². The van der Waals surface area contributed by atoms with Gasteiger partial charge in [-0.05, 0) is 50.4 Å². The Morgan fingerprint density at radius 3 is 2.90 bits per heavy atom. The number of hydrogen-bond donors (Lipinski definition) is 1. The zero-order chi connectivity index (χ0) is 15.1. The third-order valence-electron chi connectivity index (χ3n) is 4.38. The summed E-state index contributed by atoms with van der Waals surface area (Å²) in [5.74, 6) is 0. The van der Waals surface area contributed by atoms with E-state index in [1.165, 1.54) is 36.9 Å².